The lowest BCUT2D eigenvalue weighted by atomic mass is 9.95. The highest BCUT2D eigenvalue weighted by Gasteiger charge is 2.31. The quantitative estimate of drug-likeness (QED) is 0.400. The van der Waals surface area contributed by atoms with Gasteiger partial charge in [-0.25, -0.2) is 4.98 Å². The molecule has 1 fully saturated rings. The van der Waals surface area contributed by atoms with Crippen molar-refractivity contribution in [2.75, 3.05) is 0 Å². The average molecular weight is 476 g/mol. The molecule has 0 spiro atoms. The van der Waals surface area contributed by atoms with Gasteiger partial charge < -0.3 is 5.32 Å². The zero-order chi connectivity index (χ0) is 23.6. The third-order valence-electron chi connectivity index (χ3n) is 5.78. The highest BCUT2D eigenvalue weighted by Crippen LogP contribution is 2.32. The number of aromatic nitrogens is 2. The van der Waals surface area contributed by atoms with Gasteiger partial charge in [0.05, 0.1) is 27.4 Å². The zero-order valence-electron chi connectivity index (χ0n) is 18.1. The van der Waals surface area contributed by atoms with Crippen LogP contribution in [0.3, 0.4) is 0 Å². The first-order valence-corrected chi connectivity index (χ1v) is 11.8. The monoisotopic (exact) mass is 475 g/mol. The first-order valence-electron chi connectivity index (χ1n) is 10.9. The van der Waals surface area contributed by atoms with E-state index < -0.39 is 22.5 Å². The number of alkyl halides is 3. The molecule has 4 rings (SSSR count). The minimum atomic E-state index is -4.55. The van der Waals surface area contributed by atoms with Crippen LogP contribution in [0, 0.1) is 0 Å². The molecule has 0 saturated heterocycles. The first-order chi connectivity index (χ1) is 15.7. The molecule has 9 heteroatoms. The van der Waals surface area contributed by atoms with Gasteiger partial charge >= 0.3 is 6.18 Å². The highest BCUT2D eigenvalue weighted by molar-refractivity contribution is 8.00. The molecule has 0 radical (unpaired) electrons. The molecule has 1 unspecified atom stereocenters. The third kappa shape index (κ3) is 5.24. The maximum Gasteiger partial charge on any atom is 0.416 e. The van der Waals surface area contributed by atoms with Gasteiger partial charge in [-0.1, -0.05) is 49.2 Å². The number of hydrogen-bond donors (Lipinski definition) is 1. The summed E-state index contributed by atoms with van der Waals surface area (Å²) in [6.45, 7) is 1.71. The molecule has 1 aromatic heterocycles. The largest absolute Gasteiger partial charge is 0.416 e. The third-order valence-corrected chi connectivity index (χ3v) is 6.83. The van der Waals surface area contributed by atoms with E-state index in [0.29, 0.717) is 10.9 Å². The number of carbonyl (C=O) groups excluding carboxylic acids is 1. The topological polar surface area (TPSA) is 64.0 Å². The Bertz CT molecular complexity index is 1220. The number of nitrogens with zero attached hydrogens (tertiary/aromatic N) is 2. The summed E-state index contributed by atoms with van der Waals surface area (Å²) in [5, 5.41) is 2.93. The predicted octanol–water partition coefficient (Wildman–Crippen LogP) is 5.33. The Morgan fingerprint density at radius 2 is 1.85 bits per heavy atom. The number of benzene rings is 2. The number of thioether (sulfide) groups is 1. The molecule has 3 aromatic rings. The maximum absolute atomic E-state index is 13.3. The van der Waals surface area contributed by atoms with Crippen molar-refractivity contribution >= 4 is 28.6 Å². The van der Waals surface area contributed by atoms with Crippen LogP contribution in [0.2, 0.25) is 0 Å². The van der Waals surface area contributed by atoms with Gasteiger partial charge in [0.1, 0.15) is 0 Å². The molecule has 1 N–H and O–H groups in total. The number of para-hydroxylation sites is 1. The molecular formula is C24H24F3N3O2S. The van der Waals surface area contributed by atoms with Crippen molar-refractivity contribution in [1.29, 1.82) is 0 Å². The summed E-state index contributed by atoms with van der Waals surface area (Å²) in [6, 6.07) is 11.4. The summed E-state index contributed by atoms with van der Waals surface area (Å²) in [5.74, 6) is -0.176. The van der Waals surface area contributed by atoms with E-state index in [0.717, 1.165) is 54.1 Å². The fourth-order valence-corrected chi connectivity index (χ4v) is 4.95. The number of fused-ring (bicyclic) bond motifs is 1. The number of amides is 1. The summed E-state index contributed by atoms with van der Waals surface area (Å²) in [7, 11) is 0. The van der Waals surface area contributed by atoms with Crippen molar-refractivity contribution in [1.82, 2.24) is 14.9 Å². The van der Waals surface area contributed by atoms with Gasteiger partial charge in [0, 0.05) is 6.04 Å². The second kappa shape index (κ2) is 9.59. The van der Waals surface area contributed by atoms with Crippen molar-refractivity contribution in [3.8, 4) is 5.69 Å². The van der Waals surface area contributed by atoms with Gasteiger partial charge in [-0.3, -0.25) is 14.2 Å². The Hall–Kier alpha value is -2.81. The number of rotatable bonds is 5. The second-order valence-corrected chi connectivity index (χ2v) is 9.51. The van der Waals surface area contributed by atoms with Crippen LogP contribution in [0.5, 0.6) is 0 Å². The summed E-state index contributed by atoms with van der Waals surface area (Å²) >= 11 is 1.06. The van der Waals surface area contributed by atoms with E-state index in [1.807, 2.05) is 0 Å². The molecule has 1 saturated carbocycles. The summed E-state index contributed by atoms with van der Waals surface area (Å²) in [6.07, 6.45) is 0.644. The van der Waals surface area contributed by atoms with Gasteiger partial charge in [-0.2, -0.15) is 13.2 Å². The van der Waals surface area contributed by atoms with Crippen molar-refractivity contribution in [3.63, 3.8) is 0 Å². The van der Waals surface area contributed by atoms with Crippen LogP contribution < -0.4 is 10.9 Å². The minimum Gasteiger partial charge on any atom is -0.352 e. The Morgan fingerprint density at radius 1 is 1.12 bits per heavy atom. The average Bonchev–Trinajstić information content (AvgIpc) is 2.79. The normalized spacial score (nSPS) is 16.0. The van der Waals surface area contributed by atoms with E-state index >= 15 is 0 Å². The first kappa shape index (κ1) is 23.4. The van der Waals surface area contributed by atoms with Crippen molar-refractivity contribution in [2.45, 2.75) is 61.7 Å². The lowest BCUT2D eigenvalue weighted by Crippen LogP contribution is -2.40. The fourth-order valence-electron chi connectivity index (χ4n) is 4.02. The van der Waals surface area contributed by atoms with E-state index in [-0.39, 0.29) is 22.8 Å². The van der Waals surface area contributed by atoms with Crippen LogP contribution in [0.15, 0.2) is 58.5 Å². The Labute approximate surface area is 193 Å². The van der Waals surface area contributed by atoms with Gasteiger partial charge in [0.25, 0.3) is 5.56 Å². The Morgan fingerprint density at radius 3 is 2.58 bits per heavy atom. The fraction of sp³-hybridized carbons (Fsp3) is 0.375. The molecule has 1 atom stereocenters. The molecule has 2 aromatic carbocycles. The highest BCUT2D eigenvalue weighted by atomic mass is 32.2. The van der Waals surface area contributed by atoms with Crippen LogP contribution in [0.25, 0.3) is 16.6 Å². The van der Waals surface area contributed by atoms with Crippen LogP contribution in [0.1, 0.15) is 44.6 Å². The molecule has 1 heterocycles. The molecule has 1 aliphatic rings. The second-order valence-electron chi connectivity index (χ2n) is 8.20. The molecule has 0 aliphatic heterocycles. The number of nitrogens with one attached hydrogen (secondary N) is 1. The summed E-state index contributed by atoms with van der Waals surface area (Å²) < 4.78 is 41.1. The minimum absolute atomic E-state index is 0.0514. The number of halogens is 3. The molecule has 5 nitrogen and oxygen atoms in total. The van der Waals surface area contributed by atoms with E-state index in [1.54, 1.807) is 31.2 Å². The zero-order valence-corrected chi connectivity index (χ0v) is 18.9. The van der Waals surface area contributed by atoms with Crippen LogP contribution in [-0.4, -0.2) is 26.8 Å². The SMILES string of the molecule is CC(Sc1nc2ccccc2c(=O)n1-c1cccc(C(F)(F)F)c1)C(=O)NC1CCCCC1. The summed E-state index contributed by atoms with van der Waals surface area (Å²) in [4.78, 5) is 30.6. The molecule has 1 aliphatic carbocycles. The standard InChI is InChI=1S/C24H24F3N3O2S/c1-15(21(31)28-17-9-3-2-4-10-17)33-23-29-20-13-6-5-12-19(20)22(32)30(23)18-11-7-8-16(14-18)24(25,26)27/h5-8,11-15,17H,2-4,9-10H2,1H3,(H,28,31). The molecule has 174 valence electrons. The van der Waals surface area contributed by atoms with Gasteiger partial charge in [-0.05, 0) is 50.1 Å². The van der Waals surface area contributed by atoms with E-state index in [1.165, 1.54) is 18.6 Å². The summed E-state index contributed by atoms with van der Waals surface area (Å²) in [5.41, 5.74) is -0.870. The van der Waals surface area contributed by atoms with Crippen molar-refractivity contribution < 1.29 is 18.0 Å². The Kier molecular flexibility index (Phi) is 6.78. The molecule has 33 heavy (non-hydrogen) atoms. The molecule has 1 amide bonds. The van der Waals surface area contributed by atoms with Crippen LogP contribution in [0.4, 0.5) is 13.2 Å². The van der Waals surface area contributed by atoms with E-state index in [9.17, 15) is 22.8 Å². The maximum atomic E-state index is 13.3. The molecular weight excluding hydrogens is 451 g/mol. The van der Waals surface area contributed by atoms with Gasteiger partial charge in [0.15, 0.2) is 5.16 Å². The number of hydrogen-bond acceptors (Lipinski definition) is 4. The lowest BCUT2D eigenvalue weighted by Gasteiger charge is -2.24. The smallest absolute Gasteiger partial charge is 0.352 e. The van der Waals surface area contributed by atoms with Gasteiger partial charge in [-0.15, -0.1) is 0 Å². The van der Waals surface area contributed by atoms with Crippen molar-refractivity contribution in [2.24, 2.45) is 0 Å². The van der Waals surface area contributed by atoms with Crippen LogP contribution in [-0.2, 0) is 11.0 Å². The predicted molar refractivity (Wildman–Crippen MR) is 123 cm³/mol. The van der Waals surface area contributed by atoms with E-state index in [2.05, 4.69) is 10.3 Å². The van der Waals surface area contributed by atoms with Crippen LogP contribution >= 0.6 is 11.8 Å². The van der Waals surface area contributed by atoms with Gasteiger partial charge in [0.2, 0.25) is 5.91 Å². The van der Waals surface area contributed by atoms with Crippen molar-refractivity contribution in [3.05, 3.63) is 64.4 Å². The number of carbonyl (C=O) groups is 1. The lowest BCUT2D eigenvalue weighted by molar-refractivity contribution is -0.137. The van der Waals surface area contributed by atoms with E-state index in [4.69, 9.17) is 0 Å². The Balaban J connectivity index is 1.73. The molecule has 0 bridgehead atoms.